The number of methoxy groups -OCH3 is 1. The summed E-state index contributed by atoms with van der Waals surface area (Å²) in [7, 11) is -2.64. The van der Waals surface area contributed by atoms with Crippen LogP contribution in [0, 0.1) is 11.3 Å². The largest absolute Gasteiger partial charge is 0.497 e. The van der Waals surface area contributed by atoms with Crippen LogP contribution in [0.25, 0.3) is 22.2 Å². The van der Waals surface area contributed by atoms with E-state index in [9.17, 15) is 13.7 Å². The molecule has 4 aromatic rings. The molecule has 0 aliphatic rings. The van der Waals surface area contributed by atoms with Crippen LogP contribution in [0.5, 0.6) is 5.75 Å². The van der Waals surface area contributed by atoms with Crippen molar-refractivity contribution in [1.29, 1.82) is 5.26 Å². The Bertz CT molecular complexity index is 1330. The third kappa shape index (κ3) is 2.90. The summed E-state index contributed by atoms with van der Waals surface area (Å²) in [6, 6.07) is 20.9. The highest BCUT2D eigenvalue weighted by molar-refractivity contribution is 7.91. The molecule has 4 rings (SSSR count). The standard InChI is InChI=1S/C21H14N2O4S/c1-26-15-8-5-9-16(12-15)28(24,25)21-19(13-22)23-20(27-21)18-11-4-7-14-6-2-3-10-17(14)18/h2-12H,1H3. The number of nitrogens with zero attached hydrogens (tertiary/aromatic N) is 2. The van der Waals surface area contributed by atoms with E-state index in [1.807, 2.05) is 42.5 Å². The first kappa shape index (κ1) is 17.8. The van der Waals surface area contributed by atoms with E-state index in [0.717, 1.165) is 10.8 Å². The second-order valence-corrected chi connectivity index (χ2v) is 7.83. The molecule has 0 spiro atoms. The van der Waals surface area contributed by atoms with E-state index < -0.39 is 14.9 Å². The van der Waals surface area contributed by atoms with Gasteiger partial charge >= 0.3 is 0 Å². The number of oxazole rings is 1. The second-order valence-electron chi connectivity index (χ2n) is 5.98. The number of rotatable bonds is 4. The van der Waals surface area contributed by atoms with Gasteiger partial charge in [0.1, 0.15) is 11.8 Å². The molecule has 0 fully saturated rings. The highest BCUT2D eigenvalue weighted by atomic mass is 32.2. The fraction of sp³-hybridized carbons (Fsp3) is 0.0476. The Morgan fingerprint density at radius 3 is 2.57 bits per heavy atom. The van der Waals surface area contributed by atoms with Gasteiger partial charge in [-0.1, -0.05) is 42.5 Å². The number of ether oxygens (including phenoxy) is 1. The van der Waals surface area contributed by atoms with Gasteiger partial charge in [0, 0.05) is 5.56 Å². The van der Waals surface area contributed by atoms with Crippen LogP contribution in [-0.2, 0) is 9.84 Å². The van der Waals surface area contributed by atoms with Gasteiger partial charge < -0.3 is 9.15 Å². The minimum absolute atomic E-state index is 0.0380. The molecule has 138 valence electrons. The molecule has 28 heavy (non-hydrogen) atoms. The van der Waals surface area contributed by atoms with Crippen LogP contribution >= 0.6 is 0 Å². The fourth-order valence-corrected chi connectivity index (χ4v) is 4.24. The lowest BCUT2D eigenvalue weighted by Crippen LogP contribution is -2.03. The molecule has 3 aromatic carbocycles. The van der Waals surface area contributed by atoms with Gasteiger partial charge in [0.05, 0.1) is 12.0 Å². The monoisotopic (exact) mass is 390 g/mol. The highest BCUT2D eigenvalue weighted by Crippen LogP contribution is 2.33. The molecular formula is C21H14N2O4S. The van der Waals surface area contributed by atoms with E-state index >= 15 is 0 Å². The van der Waals surface area contributed by atoms with Gasteiger partial charge in [0.15, 0.2) is 5.69 Å². The minimum atomic E-state index is -4.09. The molecular weight excluding hydrogens is 376 g/mol. The lowest BCUT2D eigenvalue weighted by molar-refractivity contribution is 0.413. The molecule has 0 radical (unpaired) electrons. The summed E-state index contributed by atoms with van der Waals surface area (Å²) in [5.41, 5.74) is 0.326. The molecule has 6 nitrogen and oxygen atoms in total. The average molecular weight is 390 g/mol. The number of nitriles is 1. The molecule has 0 unspecified atom stereocenters. The molecule has 0 aliphatic carbocycles. The van der Waals surface area contributed by atoms with Gasteiger partial charge in [-0.3, -0.25) is 0 Å². The fourth-order valence-electron chi connectivity index (χ4n) is 2.96. The Hall–Kier alpha value is -3.63. The molecule has 7 heteroatoms. The molecule has 0 aliphatic heterocycles. The molecule has 0 saturated heterocycles. The summed E-state index contributed by atoms with van der Waals surface area (Å²) < 4.78 is 36.8. The van der Waals surface area contributed by atoms with E-state index in [1.165, 1.54) is 19.2 Å². The minimum Gasteiger partial charge on any atom is -0.497 e. The third-order valence-electron chi connectivity index (χ3n) is 4.32. The van der Waals surface area contributed by atoms with Gasteiger partial charge in [-0.25, -0.2) is 8.42 Å². The Morgan fingerprint density at radius 2 is 1.79 bits per heavy atom. The normalized spacial score (nSPS) is 11.3. The van der Waals surface area contributed by atoms with Crippen molar-refractivity contribution in [3.8, 4) is 23.3 Å². The van der Waals surface area contributed by atoms with Crippen molar-refractivity contribution in [1.82, 2.24) is 4.98 Å². The summed E-state index contributed by atoms with van der Waals surface area (Å²) >= 11 is 0. The Balaban J connectivity index is 1.90. The van der Waals surface area contributed by atoms with Crippen LogP contribution in [0.1, 0.15) is 5.69 Å². The number of fused-ring (bicyclic) bond motifs is 1. The van der Waals surface area contributed by atoms with Crippen LogP contribution in [0.15, 0.2) is 81.1 Å². The number of aromatic nitrogens is 1. The highest BCUT2D eigenvalue weighted by Gasteiger charge is 2.29. The zero-order chi connectivity index (χ0) is 19.7. The molecule has 0 atom stereocenters. The molecule has 1 heterocycles. The van der Waals surface area contributed by atoms with Gasteiger partial charge in [-0.15, -0.1) is 0 Å². The maximum atomic E-state index is 13.0. The Morgan fingerprint density at radius 1 is 1.04 bits per heavy atom. The number of hydrogen-bond donors (Lipinski definition) is 0. The third-order valence-corrected chi connectivity index (χ3v) is 5.96. The maximum Gasteiger partial charge on any atom is 0.261 e. The van der Waals surface area contributed by atoms with Crippen molar-refractivity contribution in [2.24, 2.45) is 0 Å². The predicted octanol–water partition coefficient (Wildman–Crippen LogP) is 4.21. The van der Waals surface area contributed by atoms with Gasteiger partial charge in [0.25, 0.3) is 5.09 Å². The summed E-state index contributed by atoms with van der Waals surface area (Å²) in [6.07, 6.45) is 0. The number of benzene rings is 3. The second kappa shape index (κ2) is 6.83. The van der Waals surface area contributed by atoms with Gasteiger partial charge in [-0.05, 0) is 35.0 Å². The summed E-state index contributed by atoms with van der Waals surface area (Å²) in [5.74, 6) is 0.461. The van der Waals surface area contributed by atoms with E-state index in [2.05, 4.69) is 4.98 Å². The van der Waals surface area contributed by atoms with Crippen LogP contribution in [0.2, 0.25) is 0 Å². The number of sulfone groups is 1. The molecule has 0 saturated carbocycles. The topological polar surface area (TPSA) is 93.2 Å². The van der Waals surface area contributed by atoms with Crippen molar-refractivity contribution in [3.05, 3.63) is 72.4 Å². The molecule has 0 amide bonds. The van der Waals surface area contributed by atoms with Crippen molar-refractivity contribution in [2.45, 2.75) is 9.99 Å². The van der Waals surface area contributed by atoms with Gasteiger partial charge in [-0.2, -0.15) is 10.2 Å². The van der Waals surface area contributed by atoms with Crippen molar-refractivity contribution >= 4 is 20.6 Å². The lowest BCUT2D eigenvalue weighted by atomic mass is 10.0. The SMILES string of the molecule is COc1cccc(S(=O)(=O)c2oc(-c3cccc4ccccc34)nc2C#N)c1. The summed E-state index contributed by atoms with van der Waals surface area (Å²) in [4.78, 5) is 4.11. The average Bonchev–Trinajstić information content (AvgIpc) is 3.18. The molecule has 0 bridgehead atoms. The first-order valence-corrected chi connectivity index (χ1v) is 9.81. The van der Waals surface area contributed by atoms with E-state index in [-0.39, 0.29) is 16.5 Å². The van der Waals surface area contributed by atoms with Crippen LogP contribution in [0.4, 0.5) is 0 Å². The number of hydrogen-bond acceptors (Lipinski definition) is 6. The first-order chi connectivity index (χ1) is 13.5. The maximum absolute atomic E-state index is 13.0. The molecule has 1 aromatic heterocycles. The Kier molecular flexibility index (Phi) is 4.34. The van der Waals surface area contributed by atoms with E-state index in [1.54, 1.807) is 18.2 Å². The quantitative estimate of drug-likeness (QED) is 0.518. The van der Waals surface area contributed by atoms with E-state index in [0.29, 0.717) is 11.3 Å². The van der Waals surface area contributed by atoms with Crippen LogP contribution < -0.4 is 4.74 Å². The predicted molar refractivity (Wildman–Crippen MR) is 103 cm³/mol. The van der Waals surface area contributed by atoms with Crippen molar-refractivity contribution < 1.29 is 17.6 Å². The smallest absolute Gasteiger partial charge is 0.261 e. The molecule has 0 N–H and O–H groups in total. The summed E-state index contributed by atoms with van der Waals surface area (Å²) in [5, 5.41) is 10.8. The van der Waals surface area contributed by atoms with Crippen molar-refractivity contribution in [2.75, 3.05) is 7.11 Å². The van der Waals surface area contributed by atoms with E-state index in [4.69, 9.17) is 9.15 Å². The summed E-state index contributed by atoms with van der Waals surface area (Å²) in [6.45, 7) is 0. The lowest BCUT2D eigenvalue weighted by Gasteiger charge is -2.04. The zero-order valence-corrected chi connectivity index (χ0v) is 15.6. The van der Waals surface area contributed by atoms with Crippen LogP contribution in [-0.4, -0.2) is 20.5 Å². The Labute approximate surface area is 161 Å². The van der Waals surface area contributed by atoms with Gasteiger partial charge in [0.2, 0.25) is 15.7 Å². The first-order valence-electron chi connectivity index (χ1n) is 8.33. The zero-order valence-electron chi connectivity index (χ0n) is 14.8. The van der Waals surface area contributed by atoms with Crippen molar-refractivity contribution in [3.63, 3.8) is 0 Å². The van der Waals surface area contributed by atoms with Crippen LogP contribution in [0.3, 0.4) is 0 Å².